The molecule has 0 bridgehead atoms. The van der Waals surface area contributed by atoms with Gasteiger partial charge in [-0.1, -0.05) is 30.3 Å². The summed E-state index contributed by atoms with van der Waals surface area (Å²) in [5, 5.41) is 8.96. The zero-order valence-corrected chi connectivity index (χ0v) is 14.4. The van der Waals surface area contributed by atoms with Crippen molar-refractivity contribution in [2.45, 2.75) is 44.8 Å². The van der Waals surface area contributed by atoms with Crippen molar-refractivity contribution in [1.29, 1.82) is 0 Å². The van der Waals surface area contributed by atoms with Gasteiger partial charge in [0.2, 0.25) is 0 Å². The Hall–Kier alpha value is -2.08. The summed E-state index contributed by atoms with van der Waals surface area (Å²) < 4.78 is 11.2. The number of piperidine rings is 1. The lowest BCUT2D eigenvalue weighted by Gasteiger charge is -2.41. The summed E-state index contributed by atoms with van der Waals surface area (Å²) in [4.78, 5) is 24.8. The first-order valence-corrected chi connectivity index (χ1v) is 8.11. The smallest absolute Gasteiger partial charge is 0.410 e. The number of ether oxygens (including phenoxy) is 2. The van der Waals surface area contributed by atoms with Gasteiger partial charge in [-0.05, 0) is 39.2 Å². The first-order chi connectivity index (χ1) is 11.2. The van der Waals surface area contributed by atoms with Crippen LogP contribution in [0.2, 0.25) is 0 Å². The Kier molecular flexibility index (Phi) is 5.49. The quantitative estimate of drug-likeness (QED) is 0.915. The minimum atomic E-state index is -1.00. The third-order valence-electron chi connectivity index (χ3n) is 3.99. The molecule has 1 heterocycles. The summed E-state index contributed by atoms with van der Waals surface area (Å²) in [5.74, 6) is -1.00. The number of carbonyl (C=O) groups excluding carboxylic acids is 1. The number of carbonyl (C=O) groups is 2. The SMILES string of the molecule is CC(C)(C)OC(=O)N1CCC(OCC(=O)O)(c2ccccc2)CC1. The second-order valence-corrected chi connectivity index (χ2v) is 7.01. The highest BCUT2D eigenvalue weighted by Gasteiger charge is 2.39. The van der Waals surface area contributed by atoms with Crippen LogP contribution < -0.4 is 0 Å². The van der Waals surface area contributed by atoms with Crippen LogP contribution in [0.4, 0.5) is 4.79 Å². The molecule has 1 saturated heterocycles. The van der Waals surface area contributed by atoms with Gasteiger partial charge >= 0.3 is 12.1 Å². The lowest BCUT2D eigenvalue weighted by Crippen LogP contribution is -2.48. The van der Waals surface area contributed by atoms with Crippen molar-refractivity contribution in [2.24, 2.45) is 0 Å². The average Bonchev–Trinajstić information content (AvgIpc) is 2.52. The van der Waals surface area contributed by atoms with E-state index < -0.39 is 17.2 Å². The maximum Gasteiger partial charge on any atom is 0.410 e. The molecule has 1 fully saturated rings. The molecule has 1 aliphatic rings. The molecule has 1 aromatic carbocycles. The van der Waals surface area contributed by atoms with Crippen molar-refractivity contribution in [1.82, 2.24) is 4.90 Å². The van der Waals surface area contributed by atoms with E-state index in [1.165, 1.54) is 0 Å². The van der Waals surface area contributed by atoms with E-state index in [1.807, 2.05) is 51.1 Å². The van der Waals surface area contributed by atoms with Gasteiger partial charge in [-0.25, -0.2) is 9.59 Å². The molecule has 0 saturated carbocycles. The third-order valence-corrected chi connectivity index (χ3v) is 3.99. The fraction of sp³-hybridized carbons (Fsp3) is 0.556. The van der Waals surface area contributed by atoms with Crippen LogP contribution in [0.1, 0.15) is 39.2 Å². The molecule has 0 radical (unpaired) electrons. The van der Waals surface area contributed by atoms with Crippen LogP contribution in [0.5, 0.6) is 0 Å². The number of hydrogen-bond acceptors (Lipinski definition) is 4. The maximum atomic E-state index is 12.2. The van der Waals surface area contributed by atoms with E-state index in [2.05, 4.69) is 0 Å². The molecule has 1 N–H and O–H groups in total. The fourth-order valence-electron chi connectivity index (χ4n) is 2.84. The first kappa shape index (κ1) is 18.3. The fourth-order valence-corrected chi connectivity index (χ4v) is 2.84. The van der Waals surface area contributed by atoms with Gasteiger partial charge < -0.3 is 19.5 Å². The van der Waals surface area contributed by atoms with Crippen LogP contribution in [0.25, 0.3) is 0 Å². The van der Waals surface area contributed by atoms with Crippen molar-refractivity contribution < 1.29 is 24.2 Å². The number of aliphatic carboxylic acids is 1. The van der Waals surface area contributed by atoms with Gasteiger partial charge in [-0.15, -0.1) is 0 Å². The molecular formula is C18H25NO5. The third kappa shape index (κ3) is 4.71. The van der Waals surface area contributed by atoms with Crippen LogP contribution in [0.3, 0.4) is 0 Å². The number of rotatable bonds is 4. The number of carboxylic acids is 1. The summed E-state index contributed by atoms with van der Waals surface area (Å²) in [5.41, 5.74) is -0.279. The van der Waals surface area contributed by atoms with E-state index in [1.54, 1.807) is 4.90 Å². The average molecular weight is 335 g/mol. The van der Waals surface area contributed by atoms with E-state index >= 15 is 0 Å². The molecule has 6 nitrogen and oxygen atoms in total. The second kappa shape index (κ2) is 7.21. The molecule has 0 spiro atoms. The van der Waals surface area contributed by atoms with Crippen molar-refractivity contribution in [3.63, 3.8) is 0 Å². The zero-order valence-electron chi connectivity index (χ0n) is 14.4. The van der Waals surface area contributed by atoms with Gasteiger partial charge in [0.25, 0.3) is 0 Å². The molecule has 1 aromatic rings. The highest BCUT2D eigenvalue weighted by molar-refractivity contribution is 5.69. The summed E-state index contributed by atoms with van der Waals surface area (Å²) in [6.07, 6.45) is 0.718. The molecule has 0 aliphatic carbocycles. The normalized spacial score (nSPS) is 17.4. The Balaban J connectivity index is 2.10. The second-order valence-electron chi connectivity index (χ2n) is 7.01. The van der Waals surface area contributed by atoms with Gasteiger partial charge in [-0.3, -0.25) is 0 Å². The molecule has 2 rings (SSSR count). The molecule has 1 amide bonds. The summed E-state index contributed by atoms with van der Waals surface area (Å²) >= 11 is 0. The van der Waals surface area contributed by atoms with Gasteiger partial charge in [0.1, 0.15) is 12.2 Å². The molecule has 0 aromatic heterocycles. The summed E-state index contributed by atoms with van der Waals surface area (Å²) in [6, 6.07) is 9.59. The van der Waals surface area contributed by atoms with Crippen LogP contribution in [0.15, 0.2) is 30.3 Å². The zero-order chi connectivity index (χ0) is 17.8. The molecule has 132 valence electrons. The minimum absolute atomic E-state index is 0.345. The van der Waals surface area contributed by atoms with Gasteiger partial charge in [0.15, 0.2) is 0 Å². The first-order valence-electron chi connectivity index (χ1n) is 8.11. The minimum Gasteiger partial charge on any atom is -0.480 e. The van der Waals surface area contributed by atoms with Crippen LogP contribution in [-0.4, -0.2) is 47.4 Å². The number of amides is 1. The number of hydrogen-bond donors (Lipinski definition) is 1. The van der Waals surface area contributed by atoms with Crippen molar-refractivity contribution >= 4 is 12.1 Å². The Morgan fingerprint density at radius 1 is 1.17 bits per heavy atom. The largest absolute Gasteiger partial charge is 0.480 e. The molecule has 0 atom stereocenters. The highest BCUT2D eigenvalue weighted by atomic mass is 16.6. The summed E-state index contributed by atoms with van der Waals surface area (Å²) in [6.45, 7) is 6.06. The van der Waals surface area contributed by atoms with E-state index in [0.29, 0.717) is 25.9 Å². The lowest BCUT2D eigenvalue weighted by molar-refractivity contribution is -0.155. The van der Waals surface area contributed by atoms with E-state index in [4.69, 9.17) is 14.6 Å². The van der Waals surface area contributed by atoms with Crippen LogP contribution in [-0.2, 0) is 19.9 Å². The summed E-state index contributed by atoms with van der Waals surface area (Å²) in [7, 11) is 0. The number of likely N-dealkylation sites (tertiary alicyclic amines) is 1. The lowest BCUT2D eigenvalue weighted by atomic mass is 9.84. The number of benzene rings is 1. The molecule has 24 heavy (non-hydrogen) atoms. The van der Waals surface area contributed by atoms with E-state index in [0.717, 1.165) is 5.56 Å². The van der Waals surface area contributed by atoms with Crippen LogP contribution in [0, 0.1) is 0 Å². The van der Waals surface area contributed by atoms with E-state index in [-0.39, 0.29) is 12.7 Å². The monoisotopic (exact) mass is 335 g/mol. The van der Waals surface area contributed by atoms with E-state index in [9.17, 15) is 9.59 Å². The van der Waals surface area contributed by atoms with Crippen molar-refractivity contribution in [2.75, 3.05) is 19.7 Å². The topological polar surface area (TPSA) is 76.1 Å². The molecule has 6 heteroatoms. The highest BCUT2D eigenvalue weighted by Crippen LogP contribution is 2.37. The number of carboxylic acid groups (broad SMARTS) is 1. The van der Waals surface area contributed by atoms with Crippen LogP contribution >= 0.6 is 0 Å². The molecular weight excluding hydrogens is 310 g/mol. The number of nitrogens with zero attached hydrogens (tertiary/aromatic N) is 1. The van der Waals surface area contributed by atoms with Crippen molar-refractivity contribution in [3.8, 4) is 0 Å². The predicted molar refractivity (Wildman–Crippen MR) is 88.7 cm³/mol. The van der Waals surface area contributed by atoms with Gasteiger partial charge in [0.05, 0.1) is 5.60 Å². The van der Waals surface area contributed by atoms with Gasteiger partial charge in [-0.2, -0.15) is 0 Å². The Morgan fingerprint density at radius 3 is 2.25 bits per heavy atom. The Bertz CT molecular complexity index is 571. The van der Waals surface area contributed by atoms with Gasteiger partial charge in [0, 0.05) is 13.1 Å². The van der Waals surface area contributed by atoms with Crippen molar-refractivity contribution in [3.05, 3.63) is 35.9 Å². The molecule has 1 aliphatic heterocycles. The maximum absolute atomic E-state index is 12.2. The Morgan fingerprint density at radius 2 is 1.75 bits per heavy atom. The predicted octanol–water partition coefficient (Wildman–Crippen LogP) is 3.01. The standard InChI is InChI=1S/C18H25NO5/c1-17(2,3)24-16(22)19-11-9-18(10-12-19,23-13-15(20)21)14-7-5-4-6-8-14/h4-8H,9-13H2,1-3H3,(H,20,21). The molecule has 0 unspecified atom stereocenters. The Labute approximate surface area is 142 Å².